The molecule has 0 radical (unpaired) electrons. The molecule has 0 aliphatic heterocycles. The van der Waals surface area contributed by atoms with E-state index in [0.29, 0.717) is 6.54 Å². The van der Waals surface area contributed by atoms with Gasteiger partial charge in [-0.15, -0.1) is 11.3 Å². The van der Waals surface area contributed by atoms with Crippen LogP contribution in [0.1, 0.15) is 38.1 Å². The van der Waals surface area contributed by atoms with E-state index in [-0.39, 0.29) is 24.5 Å². The molecule has 0 aliphatic carbocycles. The van der Waals surface area contributed by atoms with Crippen molar-refractivity contribution in [2.75, 3.05) is 13.6 Å². The molecule has 112 valence electrons. The molecule has 0 saturated carbocycles. The first-order valence-electron chi connectivity index (χ1n) is 6.67. The normalized spacial score (nSPS) is 13.6. The molecule has 1 rings (SSSR count). The summed E-state index contributed by atoms with van der Waals surface area (Å²) in [5, 5.41) is 10.8. The van der Waals surface area contributed by atoms with Crippen molar-refractivity contribution in [2.24, 2.45) is 0 Å². The fourth-order valence-corrected chi connectivity index (χ4v) is 2.91. The van der Waals surface area contributed by atoms with E-state index >= 15 is 0 Å². The van der Waals surface area contributed by atoms with Crippen LogP contribution in [0.15, 0.2) is 17.5 Å². The molecule has 6 heteroatoms. The predicted molar refractivity (Wildman–Crippen MR) is 80.0 cm³/mol. The molecule has 0 aliphatic rings. The second-order valence-corrected chi connectivity index (χ2v) is 5.80. The molecular weight excluding hydrogens is 276 g/mol. The zero-order valence-corrected chi connectivity index (χ0v) is 13.2. The quantitative estimate of drug-likeness (QED) is 0.878. The van der Waals surface area contributed by atoms with E-state index in [1.807, 2.05) is 31.4 Å². The lowest BCUT2D eigenvalue weighted by atomic mass is 10.2. The number of carbonyl (C=O) groups is 2. The van der Waals surface area contributed by atoms with Crippen LogP contribution in [-0.4, -0.2) is 46.5 Å². The van der Waals surface area contributed by atoms with E-state index in [0.717, 1.165) is 4.88 Å². The second-order valence-electron chi connectivity index (χ2n) is 4.82. The highest BCUT2D eigenvalue weighted by molar-refractivity contribution is 7.10. The molecule has 1 aromatic rings. The van der Waals surface area contributed by atoms with Crippen molar-refractivity contribution >= 4 is 23.3 Å². The molecule has 2 unspecified atom stereocenters. The van der Waals surface area contributed by atoms with Crippen LogP contribution in [0.3, 0.4) is 0 Å². The van der Waals surface area contributed by atoms with Crippen LogP contribution in [0, 0.1) is 0 Å². The van der Waals surface area contributed by atoms with E-state index in [2.05, 4.69) is 0 Å². The summed E-state index contributed by atoms with van der Waals surface area (Å²) in [7, 11) is 1.75. The number of urea groups is 1. The topological polar surface area (TPSA) is 60.9 Å². The van der Waals surface area contributed by atoms with E-state index in [1.54, 1.807) is 35.1 Å². The van der Waals surface area contributed by atoms with Crippen molar-refractivity contribution in [3.05, 3.63) is 22.4 Å². The summed E-state index contributed by atoms with van der Waals surface area (Å²) in [5.74, 6) is -0.891. The molecular formula is C14H22N2O3S. The maximum Gasteiger partial charge on any atom is 0.320 e. The minimum absolute atomic E-state index is 0.0198. The Balaban J connectivity index is 2.77. The van der Waals surface area contributed by atoms with Gasteiger partial charge in [0.15, 0.2) is 0 Å². The Bertz CT molecular complexity index is 447. The van der Waals surface area contributed by atoms with Crippen molar-refractivity contribution in [3.8, 4) is 0 Å². The highest BCUT2D eigenvalue weighted by Gasteiger charge is 2.26. The molecule has 0 fully saturated rings. The van der Waals surface area contributed by atoms with Gasteiger partial charge in [-0.05, 0) is 32.2 Å². The zero-order valence-electron chi connectivity index (χ0n) is 12.4. The Morgan fingerprint density at radius 1 is 1.40 bits per heavy atom. The lowest BCUT2D eigenvalue weighted by Crippen LogP contribution is -2.47. The highest BCUT2D eigenvalue weighted by atomic mass is 32.1. The minimum Gasteiger partial charge on any atom is -0.481 e. The lowest BCUT2D eigenvalue weighted by molar-refractivity contribution is -0.138. The third-order valence-electron chi connectivity index (χ3n) is 3.43. The number of hydrogen-bond acceptors (Lipinski definition) is 3. The maximum absolute atomic E-state index is 12.5. The fourth-order valence-electron chi connectivity index (χ4n) is 2.09. The monoisotopic (exact) mass is 298 g/mol. The number of carboxylic acids is 1. The summed E-state index contributed by atoms with van der Waals surface area (Å²) in [6, 6.07) is 3.48. The van der Waals surface area contributed by atoms with Crippen molar-refractivity contribution in [2.45, 2.75) is 39.3 Å². The number of aliphatic carboxylic acids is 1. The summed E-state index contributed by atoms with van der Waals surface area (Å²) >= 11 is 1.61. The average molecular weight is 298 g/mol. The van der Waals surface area contributed by atoms with Crippen LogP contribution in [0.5, 0.6) is 0 Å². The van der Waals surface area contributed by atoms with Gasteiger partial charge in [0, 0.05) is 24.5 Å². The van der Waals surface area contributed by atoms with Gasteiger partial charge in [-0.1, -0.05) is 6.07 Å². The van der Waals surface area contributed by atoms with Crippen LogP contribution < -0.4 is 0 Å². The van der Waals surface area contributed by atoms with Crippen LogP contribution in [0.4, 0.5) is 4.79 Å². The molecule has 0 saturated heterocycles. The largest absolute Gasteiger partial charge is 0.481 e. The molecule has 2 atom stereocenters. The average Bonchev–Trinajstić information content (AvgIpc) is 2.90. The number of hydrogen-bond donors (Lipinski definition) is 1. The smallest absolute Gasteiger partial charge is 0.320 e. The second kappa shape index (κ2) is 7.28. The van der Waals surface area contributed by atoms with Crippen molar-refractivity contribution in [1.82, 2.24) is 9.80 Å². The van der Waals surface area contributed by atoms with Gasteiger partial charge >= 0.3 is 12.0 Å². The van der Waals surface area contributed by atoms with Crippen molar-refractivity contribution in [1.29, 1.82) is 0 Å². The predicted octanol–water partition coefficient (Wildman–Crippen LogP) is 3.05. The number of rotatable bonds is 6. The van der Waals surface area contributed by atoms with E-state index in [1.165, 1.54) is 0 Å². The zero-order chi connectivity index (χ0) is 15.3. The summed E-state index contributed by atoms with van der Waals surface area (Å²) in [6.45, 7) is 6.09. The van der Waals surface area contributed by atoms with Crippen LogP contribution in [0.2, 0.25) is 0 Å². The minimum atomic E-state index is -0.891. The van der Waals surface area contributed by atoms with Gasteiger partial charge in [0.2, 0.25) is 0 Å². The number of thiophene rings is 1. The number of nitrogens with zero attached hydrogens (tertiary/aromatic N) is 2. The van der Waals surface area contributed by atoms with Crippen molar-refractivity contribution < 1.29 is 14.7 Å². The molecule has 2 amide bonds. The molecule has 1 N–H and O–H groups in total. The van der Waals surface area contributed by atoms with Gasteiger partial charge in [-0.25, -0.2) is 4.79 Å². The standard InChI is InChI=1S/C14H22N2O3S/c1-5-16(10(2)9-13(17)18)14(19)15(4)11(3)12-7-6-8-20-12/h6-8,10-11H,5,9H2,1-4H3,(H,17,18). The van der Waals surface area contributed by atoms with Gasteiger partial charge in [-0.3, -0.25) is 4.79 Å². The highest BCUT2D eigenvalue weighted by Crippen LogP contribution is 2.24. The van der Waals surface area contributed by atoms with Gasteiger partial charge < -0.3 is 14.9 Å². The Morgan fingerprint density at radius 3 is 2.50 bits per heavy atom. The summed E-state index contributed by atoms with van der Waals surface area (Å²) in [5.41, 5.74) is 0. The van der Waals surface area contributed by atoms with Crippen LogP contribution in [0.25, 0.3) is 0 Å². The first-order chi connectivity index (χ1) is 9.38. The first-order valence-corrected chi connectivity index (χ1v) is 7.55. The maximum atomic E-state index is 12.5. The molecule has 20 heavy (non-hydrogen) atoms. The lowest BCUT2D eigenvalue weighted by Gasteiger charge is -2.34. The number of amides is 2. The molecule has 1 heterocycles. The summed E-state index contributed by atoms with van der Waals surface area (Å²) < 4.78 is 0. The van der Waals surface area contributed by atoms with Gasteiger partial charge in [0.25, 0.3) is 0 Å². The Morgan fingerprint density at radius 2 is 2.05 bits per heavy atom. The number of carboxylic acid groups (broad SMARTS) is 1. The number of carbonyl (C=O) groups excluding carboxylic acids is 1. The molecule has 1 aromatic heterocycles. The van der Waals surface area contributed by atoms with E-state index < -0.39 is 5.97 Å². The molecule has 0 aromatic carbocycles. The van der Waals surface area contributed by atoms with E-state index in [9.17, 15) is 9.59 Å². The molecule has 5 nitrogen and oxygen atoms in total. The van der Waals surface area contributed by atoms with Crippen LogP contribution in [-0.2, 0) is 4.79 Å². The van der Waals surface area contributed by atoms with Gasteiger partial charge in [0.1, 0.15) is 0 Å². The van der Waals surface area contributed by atoms with Gasteiger partial charge in [0.05, 0.1) is 12.5 Å². The SMILES string of the molecule is CCN(C(=O)N(C)C(C)c1cccs1)C(C)CC(=O)O. The summed E-state index contributed by atoms with van der Waals surface area (Å²) in [6.07, 6.45) is -0.0409. The summed E-state index contributed by atoms with van der Waals surface area (Å²) in [4.78, 5) is 27.7. The third-order valence-corrected chi connectivity index (χ3v) is 4.47. The van der Waals surface area contributed by atoms with Crippen molar-refractivity contribution in [3.63, 3.8) is 0 Å². The molecule has 0 spiro atoms. The Kier molecular flexibility index (Phi) is 6.01. The Hall–Kier alpha value is -1.56. The third kappa shape index (κ3) is 3.96. The Labute approximate surface area is 123 Å². The van der Waals surface area contributed by atoms with Gasteiger partial charge in [-0.2, -0.15) is 0 Å². The van der Waals surface area contributed by atoms with Crippen LogP contribution >= 0.6 is 11.3 Å². The fraction of sp³-hybridized carbons (Fsp3) is 0.571. The molecule has 0 bridgehead atoms. The first kappa shape index (κ1) is 16.5. The van der Waals surface area contributed by atoms with E-state index in [4.69, 9.17) is 5.11 Å².